The second-order valence-electron chi connectivity index (χ2n) is 6.11. The zero-order chi connectivity index (χ0) is 14.5. The highest BCUT2D eigenvalue weighted by Crippen LogP contribution is 2.27. The molecule has 0 aromatic heterocycles. The van der Waals surface area contributed by atoms with Crippen LogP contribution < -0.4 is 5.73 Å². The number of hydrogen-bond acceptors (Lipinski definition) is 3. The minimum Gasteiger partial charge on any atom is -0.384 e. The maximum Gasteiger partial charge on any atom is 0.0491 e. The van der Waals surface area contributed by atoms with Crippen LogP contribution in [0.15, 0.2) is 18.2 Å². The summed E-state index contributed by atoms with van der Waals surface area (Å²) in [7, 11) is 1.80. The number of rotatable bonds is 5. The fraction of sp³-hybridized carbons (Fsp3) is 0.647. The first-order valence-electron chi connectivity index (χ1n) is 7.65. The Balaban J connectivity index is 2.05. The molecule has 1 aromatic carbocycles. The van der Waals surface area contributed by atoms with E-state index in [1.165, 1.54) is 29.5 Å². The monoisotopic (exact) mass is 276 g/mol. The van der Waals surface area contributed by atoms with Gasteiger partial charge in [0, 0.05) is 26.3 Å². The predicted molar refractivity (Wildman–Crippen MR) is 83.9 cm³/mol. The normalized spacial score (nSPS) is 19.2. The maximum atomic E-state index is 6.06. The maximum absolute atomic E-state index is 6.06. The van der Waals surface area contributed by atoms with E-state index in [0.29, 0.717) is 18.5 Å². The molecule has 0 aliphatic carbocycles. The summed E-state index contributed by atoms with van der Waals surface area (Å²) in [6.07, 6.45) is 2.43. The molecule has 3 nitrogen and oxygen atoms in total. The topological polar surface area (TPSA) is 38.5 Å². The van der Waals surface area contributed by atoms with E-state index in [1.54, 1.807) is 7.11 Å². The second kappa shape index (κ2) is 7.21. The fourth-order valence-corrected chi connectivity index (χ4v) is 3.37. The molecule has 1 atom stereocenters. The molecule has 112 valence electrons. The largest absolute Gasteiger partial charge is 0.384 e. The molecule has 0 amide bonds. The molecule has 1 aliphatic rings. The second-order valence-corrected chi connectivity index (χ2v) is 6.11. The van der Waals surface area contributed by atoms with Crippen LogP contribution in [0.5, 0.6) is 0 Å². The Kier molecular flexibility index (Phi) is 5.58. The smallest absolute Gasteiger partial charge is 0.0491 e. The van der Waals surface area contributed by atoms with Gasteiger partial charge >= 0.3 is 0 Å². The molecule has 2 N–H and O–H groups in total. The van der Waals surface area contributed by atoms with Gasteiger partial charge in [0.25, 0.3) is 0 Å². The lowest BCUT2D eigenvalue weighted by Gasteiger charge is -2.37. The lowest BCUT2D eigenvalue weighted by molar-refractivity contribution is 0.0810. The summed E-state index contributed by atoms with van der Waals surface area (Å²) >= 11 is 0. The molecule has 1 unspecified atom stereocenters. The minimum atomic E-state index is 0.358. The number of piperidine rings is 1. The molecule has 1 heterocycles. The molecule has 3 heteroatoms. The fourth-order valence-electron chi connectivity index (χ4n) is 3.37. The number of methoxy groups -OCH3 is 1. The number of ether oxygens (including phenoxy) is 1. The molecule has 2 rings (SSSR count). The highest BCUT2D eigenvalue weighted by atomic mass is 16.5. The third kappa shape index (κ3) is 3.81. The third-order valence-corrected chi connectivity index (χ3v) is 4.34. The van der Waals surface area contributed by atoms with E-state index in [2.05, 4.69) is 36.9 Å². The molecular formula is C17H28N2O. The highest BCUT2D eigenvalue weighted by Gasteiger charge is 2.25. The van der Waals surface area contributed by atoms with E-state index in [9.17, 15) is 0 Å². The number of nitrogens with two attached hydrogens (primary N) is 1. The Hall–Kier alpha value is -0.900. The first-order valence-corrected chi connectivity index (χ1v) is 7.65. The number of nitrogens with zero attached hydrogens (tertiary/aromatic N) is 1. The van der Waals surface area contributed by atoms with Crippen LogP contribution in [0.1, 0.15) is 35.6 Å². The highest BCUT2D eigenvalue weighted by molar-refractivity contribution is 5.31. The summed E-state index contributed by atoms with van der Waals surface area (Å²) in [6.45, 7) is 8.16. The van der Waals surface area contributed by atoms with Gasteiger partial charge in [0.1, 0.15) is 0 Å². The van der Waals surface area contributed by atoms with Gasteiger partial charge in [0.15, 0.2) is 0 Å². The summed E-state index contributed by atoms with van der Waals surface area (Å²) in [4.78, 5) is 2.54. The minimum absolute atomic E-state index is 0.358. The van der Waals surface area contributed by atoms with Crippen molar-refractivity contribution in [3.8, 4) is 0 Å². The van der Waals surface area contributed by atoms with Crippen LogP contribution in [0.2, 0.25) is 0 Å². The van der Waals surface area contributed by atoms with Gasteiger partial charge in [-0.05, 0) is 51.3 Å². The first kappa shape index (κ1) is 15.5. The van der Waals surface area contributed by atoms with Crippen molar-refractivity contribution < 1.29 is 4.74 Å². The zero-order valence-electron chi connectivity index (χ0n) is 13.1. The molecular weight excluding hydrogens is 248 g/mol. The van der Waals surface area contributed by atoms with Crippen LogP contribution in [0.3, 0.4) is 0 Å². The molecule has 1 saturated heterocycles. The van der Waals surface area contributed by atoms with Crippen LogP contribution in [-0.2, 0) is 4.74 Å². The van der Waals surface area contributed by atoms with Crippen molar-refractivity contribution in [2.75, 3.05) is 33.4 Å². The predicted octanol–water partition coefficient (Wildman–Crippen LogP) is 2.66. The lowest BCUT2D eigenvalue weighted by atomic mass is 9.94. The van der Waals surface area contributed by atoms with Gasteiger partial charge < -0.3 is 10.5 Å². The van der Waals surface area contributed by atoms with Crippen LogP contribution >= 0.6 is 0 Å². The van der Waals surface area contributed by atoms with Crippen LogP contribution in [-0.4, -0.2) is 38.3 Å². The Morgan fingerprint density at radius 1 is 1.20 bits per heavy atom. The van der Waals surface area contributed by atoms with Gasteiger partial charge in [-0.3, -0.25) is 4.90 Å². The van der Waals surface area contributed by atoms with E-state index in [-0.39, 0.29) is 0 Å². The van der Waals surface area contributed by atoms with E-state index in [0.717, 1.165) is 19.7 Å². The van der Waals surface area contributed by atoms with Crippen molar-refractivity contribution in [2.45, 2.75) is 32.7 Å². The Labute approximate surface area is 123 Å². The SMILES string of the molecule is COCC1CCN(C(CN)c2cc(C)cc(C)c2)CC1. The summed E-state index contributed by atoms with van der Waals surface area (Å²) in [5.41, 5.74) is 10.1. The standard InChI is InChI=1S/C17H28N2O/c1-13-8-14(2)10-16(9-13)17(11-18)19-6-4-15(5-7-19)12-20-3/h8-10,15,17H,4-7,11-12,18H2,1-3H3. The summed E-state index contributed by atoms with van der Waals surface area (Å²) < 4.78 is 5.28. The number of aryl methyl sites for hydroxylation is 2. The molecule has 1 aliphatic heterocycles. The molecule has 1 fully saturated rings. The zero-order valence-corrected chi connectivity index (χ0v) is 13.1. The van der Waals surface area contributed by atoms with Gasteiger partial charge in [-0.15, -0.1) is 0 Å². The Morgan fingerprint density at radius 3 is 2.30 bits per heavy atom. The van der Waals surface area contributed by atoms with E-state index < -0.39 is 0 Å². The van der Waals surface area contributed by atoms with Gasteiger partial charge in [0.05, 0.1) is 0 Å². The molecule has 0 saturated carbocycles. The quantitative estimate of drug-likeness (QED) is 0.898. The van der Waals surface area contributed by atoms with Crippen molar-refractivity contribution in [2.24, 2.45) is 11.7 Å². The molecule has 0 bridgehead atoms. The van der Waals surface area contributed by atoms with Crippen LogP contribution in [0.4, 0.5) is 0 Å². The van der Waals surface area contributed by atoms with Crippen LogP contribution in [0.25, 0.3) is 0 Å². The van der Waals surface area contributed by atoms with E-state index in [4.69, 9.17) is 10.5 Å². The number of hydrogen-bond donors (Lipinski definition) is 1. The number of likely N-dealkylation sites (tertiary alicyclic amines) is 1. The Morgan fingerprint density at radius 2 is 1.80 bits per heavy atom. The number of benzene rings is 1. The molecule has 0 spiro atoms. The average molecular weight is 276 g/mol. The summed E-state index contributed by atoms with van der Waals surface area (Å²) in [6, 6.07) is 7.15. The third-order valence-electron chi connectivity index (χ3n) is 4.34. The first-order chi connectivity index (χ1) is 9.63. The van der Waals surface area contributed by atoms with Crippen molar-refractivity contribution in [1.29, 1.82) is 0 Å². The molecule has 0 radical (unpaired) electrons. The van der Waals surface area contributed by atoms with E-state index in [1.807, 2.05) is 0 Å². The lowest BCUT2D eigenvalue weighted by Crippen LogP contribution is -2.40. The van der Waals surface area contributed by atoms with Gasteiger partial charge in [-0.1, -0.05) is 29.3 Å². The van der Waals surface area contributed by atoms with Crippen molar-refractivity contribution in [1.82, 2.24) is 4.90 Å². The van der Waals surface area contributed by atoms with Crippen molar-refractivity contribution in [3.05, 3.63) is 34.9 Å². The summed E-state index contributed by atoms with van der Waals surface area (Å²) in [5.74, 6) is 0.717. The average Bonchev–Trinajstić information content (AvgIpc) is 2.41. The summed E-state index contributed by atoms with van der Waals surface area (Å²) in [5, 5.41) is 0. The van der Waals surface area contributed by atoms with E-state index >= 15 is 0 Å². The molecule has 20 heavy (non-hydrogen) atoms. The Bertz CT molecular complexity index is 405. The molecule has 1 aromatic rings. The van der Waals surface area contributed by atoms with Gasteiger partial charge in [-0.25, -0.2) is 0 Å². The van der Waals surface area contributed by atoms with Gasteiger partial charge in [0.2, 0.25) is 0 Å². The van der Waals surface area contributed by atoms with Crippen molar-refractivity contribution in [3.63, 3.8) is 0 Å². The van der Waals surface area contributed by atoms with Gasteiger partial charge in [-0.2, -0.15) is 0 Å². The van der Waals surface area contributed by atoms with Crippen molar-refractivity contribution >= 4 is 0 Å². The van der Waals surface area contributed by atoms with Crippen LogP contribution in [0, 0.1) is 19.8 Å².